The van der Waals surface area contributed by atoms with E-state index in [1.54, 1.807) is 24.3 Å². The van der Waals surface area contributed by atoms with Gasteiger partial charge in [-0.05, 0) is 121 Å². The van der Waals surface area contributed by atoms with Gasteiger partial charge in [-0.3, -0.25) is 0 Å². The minimum atomic E-state index is -0.317. The Hall–Kier alpha value is -7.34. The van der Waals surface area contributed by atoms with Crippen LogP contribution in [0, 0.1) is 30.4 Å². The molecule has 0 radical (unpaired) electrons. The van der Waals surface area contributed by atoms with E-state index >= 15 is 0 Å². The summed E-state index contributed by atoms with van der Waals surface area (Å²) < 4.78 is 38.5. The first-order valence-electron chi connectivity index (χ1n) is 26.6. The molecule has 8 aromatic carbocycles. The van der Waals surface area contributed by atoms with Gasteiger partial charge in [0.15, 0.2) is 0 Å². The summed E-state index contributed by atoms with van der Waals surface area (Å²) in [6.45, 7) is 29.4. The quantitative estimate of drug-likeness (QED) is 0.142. The molecule has 10 aromatic rings. The Labute approximate surface area is 473 Å². The van der Waals surface area contributed by atoms with Crippen LogP contribution in [0.5, 0.6) is 11.5 Å². The molecule has 1 aliphatic heterocycles. The molecule has 2 aromatic heterocycles. The van der Waals surface area contributed by atoms with E-state index in [1.807, 2.05) is 30.5 Å². The van der Waals surface area contributed by atoms with Crippen LogP contribution in [0.3, 0.4) is 0 Å². The van der Waals surface area contributed by atoms with Gasteiger partial charge in [0.25, 0.3) is 0 Å². The van der Waals surface area contributed by atoms with Crippen LogP contribution in [-0.2, 0) is 42.7 Å². The molecule has 0 spiro atoms. The summed E-state index contributed by atoms with van der Waals surface area (Å²) in [6.07, 6.45) is 1.89. The maximum atomic E-state index is 14.6. The number of hydrogen-bond acceptors (Lipinski definition) is 4. The van der Waals surface area contributed by atoms with E-state index in [4.69, 9.17) is 9.72 Å². The average Bonchev–Trinajstić information content (AvgIpc) is 4.03. The molecule has 0 aliphatic carbocycles. The standard InChI is InChI=1S/C70H65F2N4O.Pt/c1-67(2,3)47-34-35-73-64(40-47)76-60-21-14-13-18-56(60)57-33-32-52(42-63(57)76)77-53-37-46(65-58(69(7,8)9)38-48(68(4,5)6)39-59(65)70(10,11)12)36-51(41-53)74-43-75(62-23-16-15-22-61(62)74)66-54(44-24-28-49(71)29-25-44)19-17-20-55(66)45-26-30-50(72)31-27-45;/h13-40,43H,1-12H3;/q-3;. The van der Waals surface area contributed by atoms with Crippen molar-refractivity contribution in [1.82, 2.24) is 9.55 Å². The van der Waals surface area contributed by atoms with Crippen LogP contribution >= 0.6 is 0 Å². The number of rotatable bonds is 8. The minimum Gasteiger partial charge on any atom is -0.509 e. The summed E-state index contributed by atoms with van der Waals surface area (Å²) in [7, 11) is 0. The Balaban J connectivity index is 0.00000688. The Bertz CT molecular complexity index is 3790. The van der Waals surface area contributed by atoms with Gasteiger partial charge < -0.3 is 19.1 Å². The first-order chi connectivity index (χ1) is 36.5. The van der Waals surface area contributed by atoms with Crippen molar-refractivity contribution in [3.05, 3.63) is 223 Å². The molecule has 0 bridgehead atoms. The van der Waals surface area contributed by atoms with Crippen LogP contribution in [0.4, 0.5) is 31.5 Å². The van der Waals surface area contributed by atoms with E-state index in [0.717, 1.165) is 83.8 Å². The van der Waals surface area contributed by atoms with Gasteiger partial charge in [0.1, 0.15) is 17.5 Å². The number of nitrogens with zero attached hydrogens (tertiary/aromatic N) is 4. The number of ether oxygens (including phenoxy) is 1. The zero-order valence-corrected chi connectivity index (χ0v) is 48.8. The molecular weight excluding hydrogens is 1150 g/mol. The van der Waals surface area contributed by atoms with Crippen LogP contribution in [0.2, 0.25) is 0 Å². The van der Waals surface area contributed by atoms with E-state index in [-0.39, 0.29) is 54.4 Å². The minimum absolute atomic E-state index is 0. The summed E-state index contributed by atoms with van der Waals surface area (Å²) >= 11 is 0. The summed E-state index contributed by atoms with van der Waals surface area (Å²) in [5.41, 5.74) is 15.2. The van der Waals surface area contributed by atoms with Gasteiger partial charge in [-0.2, -0.15) is 6.07 Å². The second-order valence-corrected chi connectivity index (χ2v) is 24.6. The molecule has 0 atom stereocenters. The summed E-state index contributed by atoms with van der Waals surface area (Å²) in [5.74, 6) is 1.23. The van der Waals surface area contributed by atoms with Gasteiger partial charge in [-0.15, -0.1) is 53.6 Å². The van der Waals surface area contributed by atoms with E-state index in [0.29, 0.717) is 11.5 Å². The van der Waals surface area contributed by atoms with Gasteiger partial charge in [-0.1, -0.05) is 174 Å². The molecular formula is C70H65F2N4OPt-3. The largest absolute Gasteiger partial charge is 0.509 e. The fourth-order valence-electron chi connectivity index (χ4n) is 10.7. The Morgan fingerprint density at radius 2 is 1.05 bits per heavy atom. The van der Waals surface area contributed by atoms with Crippen LogP contribution in [0.25, 0.3) is 61.0 Å². The molecule has 78 heavy (non-hydrogen) atoms. The zero-order valence-electron chi connectivity index (χ0n) is 46.5. The number of para-hydroxylation sites is 4. The van der Waals surface area contributed by atoms with Gasteiger partial charge in [0.2, 0.25) is 0 Å². The Kier molecular flexibility index (Phi) is 14.0. The number of halogens is 2. The molecule has 0 unspecified atom stereocenters. The molecule has 5 nitrogen and oxygen atoms in total. The molecule has 11 rings (SSSR count). The number of pyridine rings is 1. The SMILES string of the molecule is CC(C)(C)c1ccnc(-n2c3[c-]c(Oc4[c-]c(N5[CH-]N(c6c(-c7ccc(F)cc7)cccc6-c6ccc(F)cc6)c6ccccc65)cc(-c5c(C(C)(C)C)cc(C(C)(C)C)cc5C(C)(C)C)c4)ccc3c3ccccc32)c1.[Pt]. The van der Waals surface area contributed by atoms with Crippen molar-refractivity contribution in [3.8, 4) is 50.7 Å². The van der Waals surface area contributed by atoms with Crippen molar-refractivity contribution >= 4 is 44.6 Å². The maximum absolute atomic E-state index is 14.6. The fourth-order valence-corrected chi connectivity index (χ4v) is 10.7. The molecule has 0 saturated heterocycles. The summed E-state index contributed by atoms with van der Waals surface area (Å²) in [6, 6.07) is 61.1. The van der Waals surface area contributed by atoms with Crippen molar-refractivity contribution in [2.45, 2.75) is 105 Å². The number of fused-ring (bicyclic) bond motifs is 4. The van der Waals surface area contributed by atoms with Crippen LogP contribution < -0.4 is 14.5 Å². The van der Waals surface area contributed by atoms with E-state index in [2.05, 4.69) is 207 Å². The summed E-state index contributed by atoms with van der Waals surface area (Å²) in [5, 5.41) is 2.14. The first-order valence-corrected chi connectivity index (χ1v) is 26.6. The second-order valence-electron chi connectivity index (χ2n) is 24.6. The van der Waals surface area contributed by atoms with E-state index < -0.39 is 0 Å². The monoisotopic (exact) mass is 1210 g/mol. The maximum Gasteiger partial charge on any atom is 0.135 e. The van der Waals surface area contributed by atoms with Crippen molar-refractivity contribution in [2.24, 2.45) is 0 Å². The van der Waals surface area contributed by atoms with Gasteiger partial charge in [-0.25, -0.2) is 13.8 Å². The van der Waals surface area contributed by atoms with Crippen LogP contribution in [0.1, 0.15) is 105 Å². The molecule has 0 N–H and O–H groups in total. The second kappa shape index (κ2) is 20.1. The topological polar surface area (TPSA) is 33.5 Å². The molecule has 0 amide bonds. The number of hydrogen-bond donors (Lipinski definition) is 0. The van der Waals surface area contributed by atoms with Crippen molar-refractivity contribution in [1.29, 1.82) is 0 Å². The third-order valence-corrected chi connectivity index (χ3v) is 14.8. The molecule has 0 saturated carbocycles. The van der Waals surface area contributed by atoms with Crippen molar-refractivity contribution < 1.29 is 34.6 Å². The van der Waals surface area contributed by atoms with Crippen molar-refractivity contribution in [3.63, 3.8) is 0 Å². The first kappa shape index (κ1) is 54.0. The molecule has 0 fully saturated rings. The number of aromatic nitrogens is 2. The van der Waals surface area contributed by atoms with E-state index in [9.17, 15) is 8.78 Å². The Morgan fingerprint density at radius 3 is 1.63 bits per heavy atom. The van der Waals surface area contributed by atoms with Crippen LogP contribution in [0.15, 0.2) is 170 Å². The normalized spacial score (nSPS) is 13.1. The molecule has 3 heterocycles. The molecule has 1 aliphatic rings. The van der Waals surface area contributed by atoms with E-state index in [1.165, 1.54) is 46.5 Å². The fraction of sp³-hybridized carbons (Fsp3) is 0.229. The van der Waals surface area contributed by atoms with Gasteiger partial charge in [0.05, 0.1) is 0 Å². The predicted octanol–water partition coefficient (Wildman–Crippen LogP) is 19.4. The number of anilines is 4. The third-order valence-electron chi connectivity index (χ3n) is 14.8. The smallest absolute Gasteiger partial charge is 0.135 e. The third kappa shape index (κ3) is 10.2. The number of benzene rings is 8. The predicted molar refractivity (Wildman–Crippen MR) is 315 cm³/mol. The zero-order chi connectivity index (χ0) is 54.3. The Morgan fingerprint density at radius 1 is 0.487 bits per heavy atom. The summed E-state index contributed by atoms with van der Waals surface area (Å²) in [4.78, 5) is 9.31. The van der Waals surface area contributed by atoms with Gasteiger partial charge >= 0.3 is 0 Å². The van der Waals surface area contributed by atoms with Crippen molar-refractivity contribution in [2.75, 3.05) is 9.80 Å². The molecule has 8 heteroatoms. The molecule has 398 valence electrons. The average molecular weight is 1210 g/mol. The van der Waals surface area contributed by atoms with Gasteiger partial charge in [0, 0.05) is 72.5 Å². The van der Waals surface area contributed by atoms with Crippen LogP contribution in [-0.4, -0.2) is 9.55 Å².